The predicted octanol–water partition coefficient (Wildman–Crippen LogP) is 5.48. The van der Waals surface area contributed by atoms with Crippen molar-refractivity contribution in [1.29, 1.82) is 0 Å². The number of benzene rings is 2. The fraction of sp³-hybridized carbons (Fsp3) is 0.423. The molecule has 37 heavy (non-hydrogen) atoms. The molecular formula is C26H31BrClN5O3S. The number of carbonyl (C=O) groups excluding carboxylic acids is 1. The van der Waals surface area contributed by atoms with Gasteiger partial charge < -0.3 is 4.90 Å². The maximum Gasteiger partial charge on any atom is 0.254 e. The Morgan fingerprint density at radius 3 is 2.57 bits per heavy atom. The fourth-order valence-electron chi connectivity index (χ4n) is 4.58. The number of likely N-dealkylation sites (tertiary alicyclic amines) is 1. The van der Waals surface area contributed by atoms with Gasteiger partial charge in [0.1, 0.15) is 0 Å². The molecular weight excluding hydrogens is 578 g/mol. The third-order valence-electron chi connectivity index (χ3n) is 6.42. The van der Waals surface area contributed by atoms with Gasteiger partial charge in [0.25, 0.3) is 5.91 Å². The van der Waals surface area contributed by atoms with Crippen LogP contribution in [0.3, 0.4) is 0 Å². The molecule has 0 bridgehead atoms. The number of aryl methyl sites for hydroxylation is 1. The summed E-state index contributed by atoms with van der Waals surface area (Å²) in [6.45, 7) is 9.72. The minimum atomic E-state index is -3.75. The van der Waals surface area contributed by atoms with Gasteiger partial charge in [0.15, 0.2) is 0 Å². The average molecular weight is 609 g/mol. The van der Waals surface area contributed by atoms with E-state index in [9.17, 15) is 13.2 Å². The Morgan fingerprint density at radius 2 is 1.92 bits per heavy atom. The number of piperidine rings is 1. The Bertz CT molecular complexity index is 1430. The topological polar surface area (TPSA) is 97.2 Å². The lowest BCUT2D eigenvalue weighted by Gasteiger charge is -2.37. The summed E-state index contributed by atoms with van der Waals surface area (Å²) in [7, 11) is -3.75. The van der Waals surface area contributed by atoms with Crippen LogP contribution in [0.5, 0.6) is 0 Å². The van der Waals surface area contributed by atoms with E-state index in [4.69, 9.17) is 11.6 Å². The minimum absolute atomic E-state index is 0.0501. The summed E-state index contributed by atoms with van der Waals surface area (Å²) >= 11 is 9.62. The molecule has 1 fully saturated rings. The number of nitrogens with zero attached hydrogens (tertiary/aromatic N) is 4. The van der Waals surface area contributed by atoms with E-state index >= 15 is 0 Å². The normalized spacial score (nSPS) is 18.7. The van der Waals surface area contributed by atoms with Gasteiger partial charge in [0, 0.05) is 34.1 Å². The molecule has 3 aromatic rings. The Morgan fingerprint density at radius 1 is 1.19 bits per heavy atom. The van der Waals surface area contributed by atoms with Crippen molar-refractivity contribution in [3.8, 4) is 5.69 Å². The number of amides is 1. The van der Waals surface area contributed by atoms with Gasteiger partial charge in [-0.3, -0.25) is 4.79 Å². The van der Waals surface area contributed by atoms with Gasteiger partial charge in [0.2, 0.25) is 10.0 Å². The quantitative estimate of drug-likeness (QED) is 0.414. The van der Waals surface area contributed by atoms with Crippen LogP contribution in [0.15, 0.2) is 52.0 Å². The van der Waals surface area contributed by atoms with Crippen LogP contribution in [0.2, 0.25) is 5.02 Å². The zero-order valence-corrected chi connectivity index (χ0v) is 24.7. The summed E-state index contributed by atoms with van der Waals surface area (Å²) < 4.78 is 30.9. The van der Waals surface area contributed by atoms with Crippen LogP contribution in [0.25, 0.3) is 5.69 Å². The molecule has 4 rings (SSSR count). The number of hydrogen-bond acceptors (Lipinski definition) is 5. The Hall–Kier alpha value is -2.27. The highest BCUT2D eigenvalue weighted by Gasteiger charge is 2.33. The molecule has 1 saturated heterocycles. The summed E-state index contributed by atoms with van der Waals surface area (Å²) in [5.41, 5.74) is 2.20. The molecule has 2 aromatic carbocycles. The SMILES string of the molecule is Cc1ccc(S(=O)(=O)NC(C)(C)C)cc1C(=O)N1CCC(c2cn(-c3ccc(Br)c(Cl)c3)nn2)CC1C. The number of hydrogen-bond donors (Lipinski definition) is 1. The second-order valence-electron chi connectivity index (χ2n) is 10.6. The van der Waals surface area contributed by atoms with Crippen molar-refractivity contribution in [2.45, 2.75) is 69.9 Å². The van der Waals surface area contributed by atoms with Crippen LogP contribution >= 0.6 is 27.5 Å². The van der Waals surface area contributed by atoms with Crippen molar-refractivity contribution in [2.75, 3.05) is 6.54 Å². The summed E-state index contributed by atoms with van der Waals surface area (Å²) in [5.74, 6) is -0.00747. The molecule has 0 radical (unpaired) electrons. The largest absolute Gasteiger partial charge is 0.336 e. The number of nitrogens with one attached hydrogen (secondary N) is 1. The molecule has 0 spiro atoms. The molecule has 1 amide bonds. The Labute approximate surface area is 231 Å². The number of sulfonamides is 1. The maximum atomic E-state index is 13.5. The predicted molar refractivity (Wildman–Crippen MR) is 148 cm³/mol. The molecule has 1 aromatic heterocycles. The molecule has 2 atom stereocenters. The molecule has 0 saturated carbocycles. The van der Waals surface area contributed by atoms with Crippen molar-refractivity contribution < 1.29 is 13.2 Å². The van der Waals surface area contributed by atoms with Crippen molar-refractivity contribution >= 4 is 43.5 Å². The van der Waals surface area contributed by atoms with E-state index in [1.54, 1.807) is 31.5 Å². The van der Waals surface area contributed by atoms with Crippen LogP contribution in [0, 0.1) is 6.92 Å². The van der Waals surface area contributed by atoms with Crippen LogP contribution in [0.4, 0.5) is 0 Å². The van der Waals surface area contributed by atoms with E-state index in [1.165, 1.54) is 12.1 Å². The smallest absolute Gasteiger partial charge is 0.254 e. The molecule has 198 valence electrons. The van der Waals surface area contributed by atoms with E-state index in [2.05, 4.69) is 31.0 Å². The molecule has 2 heterocycles. The van der Waals surface area contributed by atoms with Gasteiger partial charge >= 0.3 is 0 Å². The lowest BCUT2D eigenvalue weighted by Crippen LogP contribution is -2.44. The summed E-state index contributed by atoms with van der Waals surface area (Å²) in [6, 6.07) is 10.3. The van der Waals surface area contributed by atoms with Gasteiger partial charge in [0.05, 0.1) is 27.5 Å². The van der Waals surface area contributed by atoms with Crippen LogP contribution in [-0.4, -0.2) is 52.3 Å². The molecule has 1 N–H and O–H groups in total. The highest BCUT2D eigenvalue weighted by Crippen LogP contribution is 2.33. The molecule has 1 aliphatic rings. The Balaban J connectivity index is 1.50. The van der Waals surface area contributed by atoms with Crippen molar-refractivity contribution in [1.82, 2.24) is 24.6 Å². The number of carbonyl (C=O) groups is 1. The lowest BCUT2D eigenvalue weighted by molar-refractivity contribution is 0.0613. The average Bonchev–Trinajstić information content (AvgIpc) is 3.29. The second kappa shape index (κ2) is 10.5. The van der Waals surface area contributed by atoms with Gasteiger partial charge in [-0.15, -0.1) is 5.10 Å². The van der Waals surface area contributed by atoms with E-state index in [1.807, 2.05) is 43.1 Å². The van der Waals surface area contributed by atoms with Crippen molar-refractivity contribution in [3.05, 3.63) is 68.9 Å². The molecule has 1 aliphatic heterocycles. The third kappa shape index (κ3) is 6.25. The third-order valence-corrected chi connectivity index (χ3v) is 9.41. The van der Waals surface area contributed by atoms with E-state index in [0.29, 0.717) is 17.1 Å². The standard InChI is InChI=1S/C26H31BrClN5O3S/c1-16-6-8-20(37(35,36)30-26(3,4)5)14-21(16)25(34)32-11-10-18(12-17(32)2)24-15-33(31-29-24)19-7-9-22(27)23(28)13-19/h6-9,13-15,17-18,30H,10-12H2,1-5H3. The van der Waals surface area contributed by atoms with Crippen LogP contribution in [0.1, 0.15) is 68.1 Å². The van der Waals surface area contributed by atoms with E-state index < -0.39 is 15.6 Å². The van der Waals surface area contributed by atoms with Crippen LogP contribution in [-0.2, 0) is 10.0 Å². The highest BCUT2D eigenvalue weighted by atomic mass is 79.9. The Kier molecular flexibility index (Phi) is 7.86. The van der Waals surface area contributed by atoms with Crippen LogP contribution < -0.4 is 4.72 Å². The summed E-state index contributed by atoms with van der Waals surface area (Å²) in [6.07, 6.45) is 3.38. The minimum Gasteiger partial charge on any atom is -0.336 e. The van der Waals surface area contributed by atoms with Gasteiger partial charge in [-0.05, 0) is 99.3 Å². The summed E-state index contributed by atoms with van der Waals surface area (Å²) in [5, 5.41) is 9.27. The fourth-order valence-corrected chi connectivity index (χ4v) is 6.44. The lowest BCUT2D eigenvalue weighted by atomic mass is 9.88. The first-order chi connectivity index (χ1) is 17.2. The van der Waals surface area contributed by atoms with E-state index in [0.717, 1.165) is 34.3 Å². The zero-order chi connectivity index (χ0) is 27.1. The molecule has 2 unspecified atom stereocenters. The number of halogens is 2. The molecule has 0 aliphatic carbocycles. The van der Waals surface area contributed by atoms with Crippen molar-refractivity contribution in [3.63, 3.8) is 0 Å². The molecule has 11 heteroatoms. The van der Waals surface area contributed by atoms with Gasteiger partial charge in [-0.2, -0.15) is 0 Å². The first-order valence-electron chi connectivity index (χ1n) is 12.1. The van der Waals surface area contributed by atoms with Gasteiger partial charge in [-0.25, -0.2) is 17.8 Å². The number of aromatic nitrogens is 3. The molecule has 8 nitrogen and oxygen atoms in total. The zero-order valence-electron chi connectivity index (χ0n) is 21.5. The second-order valence-corrected chi connectivity index (χ2v) is 13.5. The monoisotopic (exact) mass is 607 g/mol. The van der Waals surface area contributed by atoms with E-state index in [-0.39, 0.29) is 22.8 Å². The number of rotatable bonds is 5. The maximum absolute atomic E-state index is 13.5. The summed E-state index contributed by atoms with van der Waals surface area (Å²) in [4.78, 5) is 15.5. The van der Waals surface area contributed by atoms with Crippen molar-refractivity contribution in [2.24, 2.45) is 0 Å². The first-order valence-corrected chi connectivity index (χ1v) is 14.7. The first kappa shape index (κ1) is 27.8. The highest BCUT2D eigenvalue weighted by molar-refractivity contribution is 9.10. The van der Waals surface area contributed by atoms with Gasteiger partial charge in [-0.1, -0.05) is 22.9 Å².